The largest absolute Gasteiger partial charge is 0.313 e. The minimum Gasteiger partial charge on any atom is -0.313 e. The molecule has 1 fully saturated rings. The van der Waals surface area contributed by atoms with Gasteiger partial charge in [-0.3, -0.25) is 0 Å². The van der Waals surface area contributed by atoms with Gasteiger partial charge in [0, 0.05) is 6.04 Å². The van der Waals surface area contributed by atoms with Crippen LogP contribution in [0.3, 0.4) is 0 Å². The third-order valence-corrected chi connectivity index (χ3v) is 4.50. The fourth-order valence-corrected chi connectivity index (χ4v) is 3.02. The molecule has 19 heavy (non-hydrogen) atoms. The number of nitrogens with one attached hydrogen (secondary N) is 1. The Kier molecular flexibility index (Phi) is 4.52. The Labute approximate surface area is 120 Å². The van der Waals surface area contributed by atoms with E-state index < -0.39 is 0 Å². The molecule has 1 nitrogen and oxygen atoms in total. The summed E-state index contributed by atoms with van der Waals surface area (Å²) in [6, 6.07) is 5.63. The lowest BCUT2D eigenvalue weighted by atomic mass is 9.97. The van der Waals surface area contributed by atoms with Crippen molar-refractivity contribution in [2.24, 2.45) is 11.3 Å². The maximum atomic E-state index is 14.0. The zero-order valence-corrected chi connectivity index (χ0v) is 12.7. The Balaban J connectivity index is 2.09. The lowest BCUT2D eigenvalue weighted by Gasteiger charge is -2.21. The average Bonchev–Trinajstić information content (AvgIpc) is 2.99. The second-order valence-electron chi connectivity index (χ2n) is 6.28. The fraction of sp³-hybridized carbons (Fsp3) is 0.625. The van der Waals surface area contributed by atoms with Gasteiger partial charge in [0.15, 0.2) is 0 Å². The molecule has 1 aliphatic rings. The molecule has 2 unspecified atom stereocenters. The normalized spacial score (nSPS) is 22.3. The van der Waals surface area contributed by atoms with E-state index in [1.807, 2.05) is 12.1 Å². The molecule has 0 aromatic heterocycles. The summed E-state index contributed by atoms with van der Waals surface area (Å²) in [5, 5.41) is 3.80. The molecule has 2 atom stereocenters. The Morgan fingerprint density at radius 2 is 2.16 bits per heavy atom. The molecular weight excluding hydrogens is 261 g/mol. The molecule has 0 saturated heterocycles. The summed E-state index contributed by atoms with van der Waals surface area (Å²) in [5.41, 5.74) is 1.12. The van der Waals surface area contributed by atoms with Gasteiger partial charge in [-0.15, -0.1) is 0 Å². The molecule has 1 saturated carbocycles. The van der Waals surface area contributed by atoms with Crippen LogP contribution in [0.2, 0.25) is 5.02 Å². The van der Waals surface area contributed by atoms with E-state index in [1.165, 1.54) is 6.42 Å². The topological polar surface area (TPSA) is 12.0 Å². The van der Waals surface area contributed by atoms with E-state index in [1.54, 1.807) is 6.07 Å². The van der Waals surface area contributed by atoms with Crippen molar-refractivity contribution in [2.45, 2.75) is 46.1 Å². The summed E-state index contributed by atoms with van der Waals surface area (Å²) >= 11 is 5.86. The molecule has 2 rings (SSSR count). The molecule has 0 radical (unpaired) electrons. The maximum Gasteiger partial charge on any atom is 0.145 e. The zero-order chi connectivity index (χ0) is 14.0. The Hall–Kier alpha value is -0.600. The van der Waals surface area contributed by atoms with Crippen molar-refractivity contribution in [1.82, 2.24) is 5.32 Å². The average molecular weight is 284 g/mol. The highest BCUT2D eigenvalue weighted by Gasteiger charge is 2.49. The highest BCUT2D eigenvalue weighted by Crippen LogP contribution is 2.54. The Morgan fingerprint density at radius 3 is 2.74 bits per heavy atom. The van der Waals surface area contributed by atoms with Gasteiger partial charge >= 0.3 is 0 Å². The first kappa shape index (κ1) is 14.8. The number of halogens is 2. The van der Waals surface area contributed by atoms with Crippen molar-refractivity contribution in [3.05, 3.63) is 34.6 Å². The van der Waals surface area contributed by atoms with E-state index in [4.69, 9.17) is 11.6 Å². The first-order valence-corrected chi connectivity index (χ1v) is 7.49. The van der Waals surface area contributed by atoms with Crippen LogP contribution in [0.15, 0.2) is 18.2 Å². The van der Waals surface area contributed by atoms with Gasteiger partial charge in [-0.1, -0.05) is 44.5 Å². The smallest absolute Gasteiger partial charge is 0.145 e. The molecule has 0 amide bonds. The van der Waals surface area contributed by atoms with Crippen LogP contribution < -0.4 is 5.32 Å². The third kappa shape index (κ3) is 3.49. The molecule has 3 heteroatoms. The summed E-state index contributed by atoms with van der Waals surface area (Å²) in [6.45, 7) is 7.71. The van der Waals surface area contributed by atoms with E-state index in [0.29, 0.717) is 17.4 Å². The van der Waals surface area contributed by atoms with E-state index >= 15 is 0 Å². The van der Waals surface area contributed by atoms with Crippen molar-refractivity contribution < 1.29 is 4.39 Å². The van der Waals surface area contributed by atoms with E-state index in [0.717, 1.165) is 24.9 Å². The molecule has 1 aromatic rings. The summed E-state index contributed by atoms with van der Waals surface area (Å²) in [6.07, 6.45) is 3.04. The highest BCUT2D eigenvalue weighted by molar-refractivity contribution is 6.30. The lowest BCUT2D eigenvalue weighted by Crippen LogP contribution is -2.35. The molecule has 106 valence electrons. The van der Waals surface area contributed by atoms with Gasteiger partial charge in [0.25, 0.3) is 0 Å². The molecule has 0 spiro atoms. The van der Waals surface area contributed by atoms with Crippen molar-refractivity contribution >= 4 is 11.6 Å². The molecule has 0 bridgehead atoms. The van der Waals surface area contributed by atoms with Crippen LogP contribution in [0.5, 0.6) is 0 Å². The molecule has 0 heterocycles. The molecule has 1 aliphatic carbocycles. The quantitative estimate of drug-likeness (QED) is 0.814. The molecule has 1 aromatic carbocycles. The van der Waals surface area contributed by atoms with Crippen LogP contribution in [-0.2, 0) is 6.42 Å². The van der Waals surface area contributed by atoms with Crippen molar-refractivity contribution in [1.29, 1.82) is 0 Å². The van der Waals surface area contributed by atoms with Crippen LogP contribution in [0.1, 0.15) is 39.2 Å². The number of rotatable bonds is 6. The van der Waals surface area contributed by atoms with Gasteiger partial charge < -0.3 is 5.32 Å². The van der Waals surface area contributed by atoms with Crippen LogP contribution in [-0.4, -0.2) is 12.6 Å². The monoisotopic (exact) mass is 283 g/mol. The molecular formula is C16H23ClFN. The number of hydrogen-bond donors (Lipinski definition) is 1. The first-order chi connectivity index (χ1) is 8.95. The van der Waals surface area contributed by atoms with E-state index in [2.05, 4.69) is 26.1 Å². The first-order valence-electron chi connectivity index (χ1n) is 7.12. The summed E-state index contributed by atoms with van der Waals surface area (Å²) in [7, 11) is 0. The van der Waals surface area contributed by atoms with E-state index in [9.17, 15) is 4.39 Å². The van der Waals surface area contributed by atoms with Gasteiger partial charge in [0.1, 0.15) is 5.82 Å². The van der Waals surface area contributed by atoms with E-state index in [-0.39, 0.29) is 10.8 Å². The van der Waals surface area contributed by atoms with Crippen molar-refractivity contribution in [3.63, 3.8) is 0 Å². The van der Waals surface area contributed by atoms with Crippen LogP contribution in [0.4, 0.5) is 4.39 Å². The molecule has 1 N–H and O–H groups in total. The minimum absolute atomic E-state index is 0.224. The predicted octanol–water partition coefficient (Wildman–Crippen LogP) is 4.44. The second kappa shape index (κ2) is 5.80. The highest BCUT2D eigenvalue weighted by atomic mass is 35.5. The van der Waals surface area contributed by atoms with Crippen LogP contribution in [0, 0.1) is 17.2 Å². The number of hydrogen-bond acceptors (Lipinski definition) is 1. The predicted molar refractivity (Wildman–Crippen MR) is 79.1 cm³/mol. The van der Waals surface area contributed by atoms with Crippen molar-refractivity contribution in [3.8, 4) is 0 Å². The van der Waals surface area contributed by atoms with Gasteiger partial charge in [-0.05, 0) is 48.8 Å². The summed E-state index contributed by atoms with van der Waals surface area (Å²) < 4.78 is 14.0. The van der Waals surface area contributed by atoms with Gasteiger partial charge in [0.2, 0.25) is 0 Å². The van der Waals surface area contributed by atoms with Gasteiger partial charge in [-0.25, -0.2) is 4.39 Å². The summed E-state index contributed by atoms with van der Waals surface area (Å²) in [5.74, 6) is 0.378. The Morgan fingerprint density at radius 1 is 1.47 bits per heavy atom. The summed E-state index contributed by atoms with van der Waals surface area (Å²) in [4.78, 5) is 0. The SMILES string of the molecule is CCCNC(Cc1cccc(Cl)c1F)C1CC1(C)C. The van der Waals surface area contributed by atoms with Gasteiger partial charge in [-0.2, -0.15) is 0 Å². The van der Waals surface area contributed by atoms with Crippen LogP contribution in [0.25, 0.3) is 0 Å². The second-order valence-corrected chi connectivity index (χ2v) is 6.68. The Bertz CT molecular complexity index is 444. The standard InChI is InChI=1S/C16H23ClFN/c1-4-8-19-14(12-10-16(12,2)3)9-11-6-5-7-13(17)15(11)18/h5-7,12,14,19H,4,8-10H2,1-3H3. The minimum atomic E-state index is -0.258. The molecule has 0 aliphatic heterocycles. The van der Waals surface area contributed by atoms with Crippen molar-refractivity contribution in [2.75, 3.05) is 6.54 Å². The number of benzene rings is 1. The lowest BCUT2D eigenvalue weighted by molar-refractivity contribution is 0.398. The zero-order valence-electron chi connectivity index (χ0n) is 12.0. The fourth-order valence-electron chi connectivity index (χ4n) is 2.82. The van der Waals surface area contributed by atoms with Crippen LogP contribution >= 0.6 is 11.6 Å². The third-order valence-electron chi connectivity index (χ3n) is 4.20. The maximum absolute atomic E-state index is 14.0. The van der Waals surface area contributed by atoms with Gasteiger partial charge in [0.05, 0.1) is 5.02 Å².